The molecule has 1 aliphatic heterocycles. The van der Waals surface area contributed by atoms with E-state index in [-0.39, 0.29) is 47.8 Å². The number of carbonyl (C=O) groups is 2. The van der Waals surface area contributed by atoms with Crippen LogP contribution in [-0.2, 0) is 14.3 Å². The van der Waals surface area contributed by atoms with Gasteiger partial charge in [0.1, 0.15) is 11.9 Å². The van der Waals surface area contributed by atoms with Crippen LogP contribution in [0.25, 0.3) is 17.2 Å². The van der Waals surface area contributed by atoms with Gasteiger partial charge < -0.3 is 14.8 Å². The summed E-state index contributed by atoms with van der Waals surface area (Å²) in [4.78, 5) is 29.2. The molecule has 1 saturated heterocycles. The average molecular weight is 493 g/mol. The fourth-order valence-electron chi connectivity index (χ4n) is 6.64. The van der Waals surface area contributed by atoms with Gasteiger partial charge in [0.2, 0.25) is 0 Å². The largest absolute Gasteiger partial charge is 0.462 e. The topological polar surface area (TPSA) is 77.5 Å². The van der Waals surface area contributed by atoms with Crippen molar-refractivity contribution in [2.75, 3.05) is 6.61 Å². The smallest absolute Gasteiger partial charge is 0.407 e. The Balaban J connectivity index is 1.34. The highest BCUT2D eigenvalue weighted by Gasteiger charge is 2.54. The van der Waals surface area contributed by atoms with E-state index in [1.165, 1.54) is 12.1 Å². The summed E-state index contributed by atoms with van der Waals surface area (Å²) in [6, 6.07) is 10.4. The van der Waals surface area contributed by atoms with Crippen molar-refractivity contribution in [1.29, 1.82) is 0 Å². The second kappa shape index (κ2) is 10.4. The molecule has 1 N–H and O–H groups in total. The van der Waals surface area contributed by atoms with Crippen LogP contribution in [0.3, 0.4) is 0 Å². The highest BCUT2D eigenvalue weighted by Crippen LogP contribution is 2.53. The number of carbonyl (C=O) groups excluding carboxylic acids is 2. The van der Waals surface area contributed by atoms with Crippen LogP contribution >= 0.6 is 0 Å². The molecule has 36 heavy (non-hydrogen) atoms. The number of alkyl carbamates (subject to hydrolysis) is 1. The standard InChI is InChI=1S/C29H33FN2O4/c1-3-35-29(34)32-23-10-11-24-20(14-23)15-26-27(17(2)36-28(26)33)25(24)12-9-22-8-7-19(16-31-22)18-5-4-6-21(30)13-18/h4-9,12-13,16-17,20,23-27H,3,10-11,14-15H2,1-2H3,(H,32,34)/t17-,20-,23-,24+,25+,26-,27-/m1/s1. The van der Waals surface area contributed by atoms with E-state index in [9.17, 15) is 14.0 Å². The fourth-order valence-corrected chi connectivity index (χ4v) is 6.64. The van der Waals surface area contributed by atoms with Gasteiger partial charge in [-0.05, 0) is 87.1 Å². The Kier molecular flexibility index (Phi) is 7.08. The van der Waals surface area contributed by atoms with E-state index in [2.05, 4.69) is 16.4 Å². The van der Waals surface area contributed by atoms with Crippen LogP contribution in [0, 0.1) is 35.4 Å². The number of allylic oxidation sites excluding steroid dienone is 1. The normalized spacial score (nSPS) is 31.4. The summed E-state index contributed by atoms with van der Waals surface area (Å²) < 4.78 is 24.3. The lowest BCUT2D eigenvalue weighted by atomic mass is 9.57. The summed E-state index contributed by atoms with van der Waals surface area (Å²) >= 11 is 0. The van der Waals surface area contributed by atoms with Crippen molar-refractivity contribution in [3.05, 3.63) is 60.2 Å². The minimum absolute atomic E-state index is 0.0679. The number of nitrogens with one attached hydrogen (secondary N) is 1. The Morgan fingerprint density at radius 2 is 2.08 bits per heavy atom. The highest BCUT2D eigenvalue weighted by molar-refractivity contribution is 5.75. The number of benzene rings is 1. The molecule has 2 saturated carbocycles. The number of fused-ring (bicyclic) bond motifs is 2. The van der Waals surface area contributed by atoms with Gasteiger partial charge in [-0.15, -0.1) is 0 Å². The van der Waals surface area contributed by atoms with Crippen LogP contribution in [0.2, 0.25) is 0 Å². The SMILES string of the molecule is CCOC(=O)N[C@@H]1CC[C@H]2[C@H](C1)C[C@H]1C(=O)O[C@H](C)[C@@H]1[C@H]2C=Cc1ccc(-c2cccc(F)c2)cn1. The van der Waals surface area contributed by atoms with Gasteiger partial charge in [-0.2, -0.15) is 0 Å². The van der Waals surface area contributed by atoms with E-state index in [1.54, 1.807) is 19.2 Å². The second-order valence-electron chi connectivity index (χ2n) is 10.3. The number of pyridine rings is 1. The van der Waals surface area contributed by atoms with E-state index >= 15 is 0 Å². The molecule has 7 heteroatoms. The Morgan fingerprint density at radius 3 is 2.83 bits per heavy atom. The third-order valence-electron chi connectivity index (χ3n) is 8.18. The predicted molar refractivity (Wildman–Crippen MR) is 134 cm³/mol. The quantitative estimate of drug-likeness (QED) is 0.548. The molecular weight excluding hydrogens is 459 g/mol. The molecule has 3 fully saturated rings. The number of amides is 1. The number of rotatable bonds is 5. The Hall–Kier alpha value is -3.22. The van der Waals surface area contributed by atoms with Crippen molar-refractivity contribution in [3.8, 4) is 11.1 Å². The van der Waals surface area contributed by atoms with Crippen LogP contribution in [0.1, 0.15) is 45.2 Å². The Labute approximate surface area is 211 Å². The number of halogens is 1. The van der Waals surface area contributed by atoms with E-state index in [4.69, 9.17) is 9.47 Å². The summed E-state index contributed by atoms with van der Waals surface area (Å²) in [5.41, 5.74) is 2.48. The number of esters is 1. The highest BCUT2D eigenvalue weighted by atomic mass is 19.1. The van der Waals surface area contributed by atoms with Crippen LogP contribution in [0.15, 0.2) is 48.7 Å². The molecule has 0 unspecified atom stereocenters. The molecule has 3 aliphatic rings. The molecule has 0 radical (unpaired) electrons. The fraction of sp³-hybridized carbons (Fsp3) is 0.483. The van der Waals surface area contributed by atoms with Gasteiger partial charge >= 0.3 is 12.1 Å². The van der Waals surface area contributed by atoms with Crippen LogP contribution in [0.5, 0.6) is 0 Å². The zero-order chi connectivity index (χ0) is 25.2. The molecule has 2 aromatic rings. The van der Waals surface area contributed by atoms with Crippen molar-refractivity contribution < 1.29 is 23.5 Å². The van der Waals surface area contributed by atoms with Gasteiger partial charge in [-0.1, -0.05) is 24.3 Å². The molecule has 7 atom stereocenters. The maximum absolute atomic E-state index is 13.6. The average Bonchev–Trinajstić information content (AvgIpc) is 3.15. The molecule has 1 amide bonds. The predicted octanol–water partition coefficient (Wildman–Crippen LogP) is 5.63. The maximum atomic E-state index is 13.6. The third kappa shape index (κ3) is 5.01. The first kappa shape index (κ1) is 24.5. The van der Waals surface area contributed by atoms with Crippen LogP contribution < -0.4 is 5.32 Å². The van der Waals surface area contributed by atoms with Crippen molar-refractivity contribution in [2.24, 2.45) is 29.6 Å². The minimum atomic E-state index is -0.368. The van der Waals surface area contributed by atoms with E-state index in [1.807, 2.05) is 31.2 Å². The summed E-state index contributed by atoms with van der Waals surface area (Å²) in [7, 11) is 0. The maximum Gasteiger partial charge on any atom is 0.407 e. The lowest BCUT2D eigenvalue weighted by Gasteiger charge is -2.47. The molecule has 5 rings (SSSR count). The van der Waals surface area contributed by atoms with Crippen molar-refractivity contribution in [3.63, 3.8) is 0 Å². The molecule has 0 bridgehead atoms. The molecule has 190 valence electrons. The zero-order valence-electron chi connectivity index (χ0n) is 20.7. The van der Waals surface area contributed by atoms with Crippen LogP contribution in [-0.4, -0.2) is 35.8 Å². The minimum Gasteiger partial charge on any atom is -0.462 e. The van der Waals surface area contributed by atoms with Crippen molar-refractivity contribution in [2.45, 2.75) is 51.7 Å². The first-order valence-corrected chi connectivity index (χ1v) is 13.0. The van der Waals surface area contributed by atoms with E-state index in [0.29, 0.717) is 18.4 Å². The van der Waals surface area contributed by atoms with Gasteiger partial charge in [-0.3, -0.25) is 9.78 Å². The van der Waals surface area contributed by atoms with Gasteiger partial charge in [0.25, 0.3) is 0 Å². The number of hydrogen-bond acceptors (Lipinski definition) is 5. The summed E-state index contributed by atoms with van der Waals surface area (Å²) in [6.45, 7) is 4.15. The third-order valence-corrected chi connectivity index (χ3v) is 8.18. The molecule has 1 aromatic heterocycles. The number of aromatic nitrogens is 1. The van der Waals surface area contributed by atoms with Crippen molar-refractivity contribution >= 4 is 18.1 Å². The summed E-state index contributed by atoms with van der Waals surface area (Å²) in [5, 5.41) is 3.00. The number of cyclic esters (lactones) is 1. The number of hydrogen-bond donors (Lipinski definition) is 1. The van der Waals surface area contributed by atoms with Crippen molar-refractivity contribution in [1.82, 2.24) is 10.3 Å². The summed E-state index contributed by atoms with van der Waals surface area (Å²) in [6.07, 6.45) is 9.07. The van der Waals surface area contributed by atoms with E-state index in [0.717, 1.165) is 42.5 Å². The monoisotopic (exact) mass is 492 g/mol. The first-order chi connectivity index (χ1) is 17.4. The van der Waals surface area contributed by atoms with Gasteiger partial charge in [0.05, 0.1) is 18.2 Å². The van der Waals surface area contributed by atoms with Gasteiger partial charge in [0.15, 0.2) is 0 Å². The molecule has 2 aliphatic carbocycles. The zero-order valence-corrected chi connectivity index (χ0v) is 20.7. The lowest BCUT2D eigenvalue weighted by molar-refractivity contribution is -0.144. The first-order valence-electron chi connectivity index (χ1n) is 13.0. The molecule has 2 heterocycles. The molecular formula is C29H33FN2O4. The van der Waals surface area contributed by atoms with Gasteiger partial charge in [0, 0.05) is 23.7 Å². The Bertz CT molecular complexity index is 1130. The van der Waals surface area contributed by atoms with E-state index < -0.39 is 0 Å². The molecule has 6 nitrogen and oxygen atoms in total. The number of nitrogens with zero attached hydrogens (tertiary/aromatic N) is 1. The number of ether oxygens (including phenoxy) is 2. The molecule has 0 spiro atoms. The summed E-state index contributed by atoms with van der Waals surface area (Å²) in [5.74, 6) is 0.629. The Morgan fingerprint density at radius 1 is 1.22 bits per heavy atom. The second-order valence-corrected chi connectivity index (χ2v) is 10.3. The molecule has 1 aromatic carbocycles. The van der Waals surface area contributed by atoms with Gasteiger partial charge in [-0.25, -0.2) is 9.18 Å². The lowest BCUT2D eigenvalue weighted by Crippen LogP contribution is -2.48. The van der Waals surface area contributed by atoms with Crippen LogP contribution in [0.4, 0.5) is 9.18 Å².